The van der Waals surface area contributed by atoms with Gasteiger partial charge in [-0.3, -0.25) is 4.79 Å². The van der Waals surface area contributed by atoms with Crippen LogP contribution >= 0.6 is 0 Å². The molecule has 7 heteroatoms. The van der Waals surface area contributed by atoms with Crippen LogP contribution in [0.4, 0.5) is 0 Å². The molecule has 1 saturated carbocycles. The first-order valence-corrected chi connectivity index (χ1v) is 9.32. The predicted molar refractivity (Wildman–Crippen MR) is 100 cm³/mol. The molecular formula is C21H26O7. The van der Waals surface area contributed by atoms with Crippen molar-refractivity contribution in [3.05, 3.63) is 28.8 Å². The molecule has 1 unspecified atom stereocenters. The average molecular weight is 390 g/mol. The van der Waals surface area contributed by atoms with E-state index in [0.717, 1.165) is 11.1 Å². The van der Waals surface area contributed by atoms with Crippen LogP contribution in [0.15, 0.2) is 17.7 Å². The van der Waals surface area contributed by atoms with Crippen LogP contribution < -0.4 is 14.2 Å². The van der Waals surface area contributed by atoms with Crippen molar-refractivity contribution in [3.63, 3.8) is 0 Å². The van der Waals surface area contributed by atoms with E-state index < -0.39 is 17.3 Å². The molecule has 0 bridgehead atoms. The van der Waals surface area contributed by atoms with Crippen LogP contribution in [0.3, 0.4) is 0 Å². The van der Waals surface area contributed by atoms with Crippen molar-refractivity contribution in [2.75, 3.05) is 35.5 Å². The zero-order chi connectivity index (χ0) is 20.3. The third-order valence-electron chi connectivity index (χ3n) is 6.58. The average Bonchev–Trinajstić information content (AvgIpc) is 3.48. The minimum Gasteiger partial charge on any atom is -0.493 e. The summed E-state index contributed by atoms with van der Waals surface area (Å²) in [5.74, 6) is -0.270. The third-order valence-corrected chi connectivity index (χ3v) is 6.58. The molecule has 1 fully saturated rings. The molecule has 0 radical (unpaired) electrons. The summed E-state index contributed by atoms with van der Waals surface area (Å²) in [6, 6.07) is 1.94. The van der Waals surface area contributed by atoms with Crippen molar-refractivity contribution >= 4 is 5.78 Å². The quantitative estimate of drug-likeness (QED) is 0.767. The summed E-state index contributed by atoms with van der Waals surface area (Å²) in [6.45, 7) is 0. The molecule has 152 valence electrons. The van der Waals surface area contributed by atoms with Crippen molar-refractivity contribution in [3.8, 4) is 17.2 Å². The molecule has 1 aromatic rings. The summed E-state index contributed by atoms with van der Waals surface area (Å²) in [7, 11) is 7.69. The topological polar surface area (TPSA) is 83.5 Å². The summed E-state index contributed by atoms with van der Waals surface area (Å²) in [5.41, 5.74) is 2.04. The van der Waals surface area contributed by atoms with Crippen molar-refractivity contribution < 1.29 is 33.6 Å². The number of aliphatic hydroxyl groups is 1. The highest BCUT2D eigenvalue weighted by Crippen LogP contribution is 2.71. The minimum atomic E-state index is -1.37. The third kappa shape index (κ3) is 2.18. The summed E-state index contributed by atoms with van der Waals surface area (Å²) >= 11 is 0. The first-order valence-electron chi connectivity index (χ1n) is 9.32. The van der Waals surface area contributed by atoms with E-state index in [4.69, 9.17) is 23.7 Å². The van der Waals surface area contributed by atoms with E-state index in [2.05, 4.69) is 0 Å². The van der Waals surface area contributed by atoms with Crippen LogP contribution in [0, 0.1) is 5.92 Å². The van der Waals surface area contributed by atoms with Gasteiger partial charge in [-0.05, 0) is 42.5 Å². The zero-order valence-corrected chi connectivity index (χ0v) is 16.8. The van der Waals surface area contributed by atoms with Gasteiger partial charge in [-0.2, -0.15) is 0 Å². The lowest BCUT2D eigenvalue weighted by atomic mass is 9.75. The Morgan fingerprint density at radius 3 is 2.29 bits per heavy atom. The number of aliphatic hydroxyl groups excluding tert-OH is 1. The lowest BCUT2D eigenvalue weighted by molar-refractivity contribution is -0.216. The Morgan fingerprint density at radius 1 is 1.04 bits per heavy atom. The molecule has 1 spiro atoms. The Balaban J connectivity index is 2.04. The van der Waals surface area contributed by atoms with E-state index in [1.54, 1.807) is 21.3 Å². The Morgan fingerprint density at radius 2 is 1.71 bits per heavy atom. The highest BCUT2D eigenvalue weighted by atomic mass is 16.7. The van der Waals surface area contributed by atoms with Gasteiger partial charge in [0.25, 0.3) is 0 Å². The fraction of sp³-hybridized carbons (Fsp3) is 0.571. The number of carbonyl (C=O) groups is 1. The van der Waals surface area contributed by atoms with Crippen molar-refractivity contribution in [1.82, 2.24) is 0 Å². The molecule has 28 heavy (non-hydrogen) atoms. The molecule has 7 nitrogen and oxygen atoms in total. The van der Waals surface area contributed by atoms with Gasteiger partial charge in [0.1, 0.15) is 0 Å². The van der Waals surface area contributed by atoms with Gasteiger partial charge in [-0.1, -0.05) is 0 Å². The number of carbonyl (C=O) groups excluding carboxylic acids is 1. The number of ketones is 1. The zero-order valence-electron chi connectivity index (χ0n) is 16.8. The number of rotatable bonds is 5. The lowest BCUT2D eigenvalue weighted by Gasteiger charge is -2.37. The van der Waals surface area contributed by atoms with Crippen molar-refractivity contribution in [2.24, 2.45) is 5.92 Å². The predicted octanol–water partition coefficient (Wildman–Crippen LogP) is 1.78. The Kier molecular flexibility index (Phi) is 4.45. The first kappa shape index (κ1) is 19.2. The summed E-state index contributed by atoms with van der Waals surface area (Å²) < 4.78 is 28.1. The number of fused-ring (bicyclic) bond motifs is 1. The molecule has 0 heterocycles. The number of benzene rings is 1. The Bertz CT molecular complexity index is 855. The number of methoxy groups -OCH3 is 5. The van der Waals surface area contributed by atoms with Gasteiger partial charge in [-0.25, -0.2) is 0 Å². The smallest absolute Gasteiger partial charge is 0.236 e. The van der Waals surface area contributed by atoms with Crippen molar-refractivity contribution in [2.45, 2.75) is 36.6 Å². The first-order chi connectivity index (χ1) is 13.4. The normalized spacial score (nSPS) is 29.6. The number of ether oxygens (including phenoxy) is 5. The summed E-state index contributed by atoms with van der Waals surface area (Å²) in [6.07, 6.45) is 2.52. The molecule has 3 aliphatic carbocycles. The summed E-state index contributed by atoms with van der Waals surface area (Å²) in [4.78, 5) is 12.9. The molecular weight excluding hydrogens is 364 g/mol. The Labute approximate surface area is 164 Å². The van der Waals surface area contributed by atoms with Crippen LogP contribution in [0.5, 0.6) is 17.2 Å². The number of hydrogen-bond acceptors (Lipinski definition) is 7. The largest absolute Gasteiger partial charge is 0.493 e. The fourth-order valence-electron chi connectivity index (χ4n) is 5.31. The van der Waals surface area contributed by atoms with Gasteiger partial charge in [0.05, 0.1) is 27.4 Å². The van der Waals surface area contributed by atoms with Gasteiger partial charge in [0.15, 0.2) is 11.5 Å². The molecule has 4 rings (SSSR count). The molecule has 0 amide bonds. The van der Waals surface area contributed by atoms with Crippen LogP contribution in [-0.4, -0.2) is 58.3 Å². The van der Waals surface area contributed by atoms with E-state index in [1.807, 2.05) is 6.07 Å². The molecule has 3 atom stereocenters. The van der Waals surface area contributed by atoms with Crippen LogP contribution in [0.2, 0.25) is 0 Å². The van der Waals surface area contributed by atoms with Crippen molar-refractivity contribution in [1.29, 1.82) is 0 Å². The molecule has 1 aromatic carbocycles. The molecule has 0 aromatic heterocycles. The second kappa shape index (κ2) is 6.47. The highest BCUT2D eigenvalue weighted by Gasteiger charge is 2.74. The van der Waals surface area contributed by atoms with Gasteiger partial charge in [0.2, 0.25) is 17.3 Å². The lowest BCUT2D eigenvalue weighted by Crippen LogP contribution is -2.50. The highest BCUT2D eigenvalue weighted by molar-refractivity contribution is 6.00. The van der Waals surface area contributed by atoms with Gasteiger partial charge in [-0.15, -0.1) is 0 Å². The monoisotopic (exact) mass is 390 g/mol. The second-order valence-electron chi connectivity index (χ2n) is 7.50. The molecule has 0 saturated heterocycles. The van der Waals surface area contributed by atoms with Crippen LogP contribution in [0.25, 0.3) is 0 Å². The van der Waals surface area contributed by atoms with E-state index in [0.29, 0.717) is 42.1 Å². The maximum absolute atomic E-state index is 12.9. The summed E-state index contributed by atoms with van der Waals surface area (Å²) in [5, 5.41) is 10.9. The van der Waals surface area contributed by atoms with Gasteiger partial charge < -0.3 is 28.8 Å². The van der Waals surface area contributed by atoms with E-state index in [1.165, 1.54) is 20.3 Å². The molecule has 0 aliphatic heterocycles. The maximum Gasteiger partial charge on any atom is 0.236 e. The molecule has 1 N–H and O–H groups in total. The van der Waals surface area contributed by atoms with Gasteiger partial charge >= 0.3 is 0 Å². The van der Waals surface area contributed by atoms with Gasteiger partial charge in [0, 0.05) is 31.1 Å². The maximum atomic E-state index is 12.9. The fourth-order valence-corrected chi connectivity index (χ4v) is 5.31. The number of hydrogen-bond donors (Lipinski definition) is 1. The number of aryl methyl sites for hydroxylation is 1. The Hall–Kier alpha value is -2.09. The second-order valence-corrected chi connectivity index (χ2v) is 7.50. The van der Waals surface area contributed by atoms with E-state index in [9.17, 15) is 9.90 Å². The SMILES string of the molecule is COc1cc2c(c(OC)c1OC)[C@]13C[C@H]1C(OC)(OC)C(=O)C=C3C(O)CC2. The minimum absolute atomic E-state index is 0.263. The van der Waals surface area contributed by atoms with E-state index in [-0.39, 0.29) is 11.7 Å². The standard InChI is InChI=1S/C21H26O7/c1-24-14-8-11-6-7-13(22)12-9-16(23)21(27-4,28-5)15-10-20(12,15)17(11)19(26-3)18(14)25-2/h8-9,13,15,22H,6-7,10H2,1-5H3/t13?,15-,20+/m1/s1. The van der Waals surface area contributed by atoms with E-state index >= 15 is 0 Å². The van der Waals surface area contributed by atoms with Crippen LogP contribution in [0.1, 0.15) is 24.0 Å². The molecule has 3 aliphatic rings. The van der Waals surface area contributed by atoms with Crippen LogP contribution in [-0.2, 0) is 26.1 Å².